The fourth-order valence-electron chi connectivity index (χ4n) is 1.01. The molecular formula is C10H15F2IO2. The number of carbonyl (C=O) groups is 1. The molecule has 0 atom stereocenters. The summed E-state index contributed by atoms with van der Waals surface area (Å²) in [5.74, 6) is -5.01. The van der Waals surface area contributed by atoms with E-state index in [0.29, 0.717) is 16.1 Å². The van der Waals surface area contributed by atoms with Crippen molar-refractivity contribution in [1.29, 1.82) is 0 Å². The van der Waals surface area contributed by atoms with Crippen molar-refractivity contribution in [3.8, 4) is 0 Å². The average molecular weight is 332 g/mol. The van der Waals surface area contributed by atoms with Crippen LogP contribution in [0.25, 0.3) is 0 Å². The Morgan fingerprint density at radius 1 is 1.47 bits per heavy atom. The minimum absolute atomic E-state index is 0.497. The van der Waals surface area contributed by atoms with E-state index in [1.807, 2.05) is 29.5 Å². The van der Waals surface area contributed by atoms with Crippen LogP contribution in [-0.2, 0) is 9.53 Å². The second-order valence-electron chi connectivity index (χ2n) is 3.16. The molecule has 0 spiro atoms. The van der Waals surface area contributed by atoms with Crippen LogP contribution in [0, 0.1) is 0 Å². The summed E-state index contributed by atoms with van der Waals surface area (Å²) in [5, 5.41) is 0. The lowest BCUT2D eigenvalue weighted by molar-refractivity contribution is -0.161. The molecule has 0 saturated carbocycles. The average Bonchev–Trinajstić information content (AvgIpc) is 2.16. The molecule has 0 amide bonds. The van der Waals surface area contributed by atoms with Gasteiger partial charge in [-0.05, 0) is 39.0 Å². The molecule has 0 radical (unpaired) electrons. The molecule has 0 aliphatic rings. The maximum Gasteiger partial charge on any atom is 0.381 e. The van der Waals surface area contributed by atoms with Gasteiger partial charge in [-0.1, -0.05) is 19.8 Å². The second-order valence-corrected chi connectivity index (χ2v) is 4.55. The van der Waals surface area contributed by atoms with Gasteiger partial charge in [0.05, 0.1) is 7.11 Å². The fourth-order valence-corrected chi connectivity index (χ4v) is 1.78. The van der Waals surface area contributed by atoms with Crippen molar-refractivity contribution >= 4 is 28.6 Å². The SMILES string of the molecule is CCCCCC(I)=CC(F)(F)C(=O)OC. The lowest BCUT2D eigenvalue weighted by atomic mass is 10.2. The Labute approximate surface area is 102 Å². The highest BCUT2D eigenvalue weighted by atomic mass is 127. The van der Waals surface area contributed by atoms with Crippen LogP contribution in [0.3, 0.4) is 0 Å². The molecule has 0 heterocycles. The van der Waals surface area contributed by atoms with Crippen molar-refractivity contribution < 1.29 is 18.3 Å². The van der Waals surface area contributed by atoms with E-state index in [4.69, 9.17) is 0 Å². The van der Waals surface area contributed by atoms with Gasteiger partial charge in [0, 0.05) is 6.08 Å². The summed E-state index contributed by atoms with van der Waals surface area (Å²) >= 11 is 1.83. The van der Waals surface area contributed by atoms with Crippen LogP contribution in [0.5, 0.6) is 0 Å². The Bertz CT molecular complexity index is 240. The van der Waals surface area contributed by atoms with E-state index < -0.39 is 11.9 Å². The lowest BCUT2D eigenvalue weighted by Gasteiger charge is -2.09. The smallest absolute Gasteiger partial charge is 0.381 e. The predicted octanol–water partition coefficient (Wildman–Crippen LogP) is 3.69. The van der Waals surface area contributed by atoms with Crippen LogP contribution in [0.4, 0.5) is 8.78 Å². The van der Waals surface area contributed by atoms with E-state index in [0.717, 1.165) is 26.4 Å². The molecule has 0 aromatic rings. The van der Waals surface area contributed by atoms with Gasteiger partial charge in [0.25, 0.3) is 0 Å². The normalized spacial score (nSPS) is 12.7. The molecular weight excluding hydrogens is 317 g/mol. The molecule has 0 aliphatic carbocycles. The van der Waals surface area contributed by atoms with Gasteiger partial charge in [-0.2, -0.15) is 8.78 Å². The fraction of sp³-hybridized carbons (Fsp3) is 0.700. The third kappa shape index (κ3) is 6.06. The Hall–Kier alpha value is -0.200. The first-order chi connectivity index (χ1) is 6.94. The summed E-state index contributed by atoms with van der Waals surface area (Å²) in [5.41, 5.74) is 0. The molecule has 0 bridgehead atoms. The number of unbranched alkanes of at least 4 members (excludes halogenated alkanes) is 2. The zero-order valence-corrected chi connectivity index (χ0v) is 11.0. The Morgan fingerprint density at radius 3 is 2.53 bits per heavy atom. The van der Waals surface area contributed by atoms with Gasteiger partial charge in [-0.15, -0.1) is 0 Å². The molecule has 0 fully saturated rings. The van der Waals surface area contributed by atoms with Crippen molar-refractivity contribution in [3.05, 3.63) is 9.66 Å². The topological polar surface area (TPSA) is 26.3 Å². The molecule has 0 unspecified atom stereocenters. The number of hydrogen-bond acceptors (Lipinski definition) is 2. The summed E-state index contributed by atoms with van der Waals surface area (Å²) in [7, 11) is 0.952. The molecule has 2 nitrogen and oxygen atoms in total. The largest absolute Gasteiger partial charge is 0.464 e. The zero-order valence-electron chi connectivity index (χ0n) is 8.86. The minimum atomic E-state index is -3.50. The Morgan fingerprint density at radius 2 is 2.07 bits per heavy atom. The standard InChI is InChI=1S/C10H15F2IO2/c1-3-4-5-6-8(13)7-10(11,12)9(14)15-2/h7H,3-6H2,1-2H3. The van der Waals surface area contributed by atoms with Crippen molar-refractivity contribution in [2.45, 2.75) is 38.5 Å². The Balaban J connectivity index is 4.25. The summed E-state index contributed by atoms with van der Waals surface area (Å²) in [6, 6.07) is 0. The lowest BCUT2D eigenvalue weighted by Crippen LogP contribution is -2.27. The molecule has 0 aliphatic heterocycles. The van der Waals surface area contributed by atoms with Gasteiger partial charge >= 0.3 is 11.9 Å². The highest BCUT2D eigenvalue weighted by molar-refractivity contribution is 14.1. The van der Waals surface area contributed by atoms with Crippen LogP contribution in [0.2, 0.25) is 0 Å². The first kappa shape index (κ1) is 14.8. The van der Waals surface area contributed by atoms with Crippen molar-refractivity contribution in [2.24, 2.45) is 0 Å². The number of esters is 1. The summed E-state index contributed by atoms with van der Waals surface area (Å²) < 4.78 is 30.5. The highest BCUT2D eigenvalue weighted by Gasteiger charge is 2.37. The van der Waals surface area contributed by atoms with Crippen LogP contribution in [0.15, 0.2) is 9.66 Å². The van der Waals surface area contributed by atoms with Crippen molar-refractivity contribution in [1.82, 2.24) is 0 Å². The first-order valence-corrected chi connectivity index (χ1v) is 5.85. The number of alkyl halides is 2. The third-order valence-electron chi connectivity index (χ3n) is 1.81. The maximum absolute atomic E-state index is 13.0. The van der Waals surface area contributed by atoms with Crippen molar-refractivity contribution in [3.63, 3.8) is 0 Å². The first-order valence-electron chi connectivity index (χ1n) is 4.77. The number of hydrogen-bond donors (Lipinski definition) is 0. The number of carbonyl (C=O) groups excluding carboxylic acids is 1. The molecule has 15 heavy (non-hydrogen) atoms. The van der Waals surface area contributed by atoms with E-state index in [1.165, 1.54) is 0 Å². The van der Waals surface area contributed by atoms with Crippen LogP contribution in [0.1, 0.15) is 32.6 Å². The van der Waals surface area contributed by atoms with E-state index in [1.54, 1.807) is 0 Å². The molecule has 0 rings (SSSR count). The monoisotopic (exact) mass is 332 g/mol. The number of methoxy groups -OCH3 is 1. The maximum atomic E-state index is 13.0. The summed E-state index contributed by atoms with van der Waals surface area (Å²) in [6.07, 6.45) is 4.17. The van der Waals surface area contributed by atoms with Crippen LogP contribution >= 0.6 is 22.6 Å². The number of allylic oxidation sites excluding steroid dienone is 1. The summed E-state index contributed by atoms with van der Waals surface area (Å²) in [4.78, 5) is 10.7. The van der Waals surface area contributed by atoms with Gasteiger partial charge < -0.3 is 4.74 Å². The van der Waals surface area contributed by atoms with Gasteiger partial charge in [0.1, 0.15) is 0 Å². The van der Waals surface area contributed by atoms with E-state index >= 15 is 0 Å². The third-order valence-corrected chi connectivity index (χ3v) is 2.67. The van der Waals surface area contributed by atoms with Crippen LogP contribution < -0.4 is 0 Å². The van der Waals surface area contributed by atoms with Gasteiger partial charge in [0.2, 0.25) is 0 Å². The van der Waals surface area contributed by atoms with Crippen LogP contribution in [-0.4, -0.2) is 19.0 Å². The number of ether oxygens (including phenoxy) is 1. The van der Waals surface area contributed by atoms with E-state index in [2.05, 4.69) is 4.74 Å². The quantitative estimate of drug-likeness (QED) is 0.421. The molecule has 0 N–H and O–H groups in total. The van der Waals surface area contributed by atoms with E-state index in [-0.39, 0.29) is 0 Å². The number of halogens is 3. The van der Waals surface area contributed by atoms with E-state index in [9.17, 15) is 13.6 Å². The summed E-state index contributed by atoms with van der Waals surface area (Å²) in [6.45, 7) is 2.04. The predicted molar refractivity (Wildman–Crippen MR) is 63.2 cm³/mol. The van der Waals surface area contributed by atoms with Gasteiger partial charge in [0.15, 0.2) is 0 Å². The highest BCUT2D eigenvalue weighted by Crippen LogP contribution is 2.25. The molecule has 0 aromatic carbocycles. The van der Waals surface area contributed by atoms with Crippen molar-refractivity contribution in [2.75, 3.05) is 7.11 Å². The molecule has 5 heteroatoms. The zero-order chi connectivity index (χ0) is 11.9. The van der Waals surface area contributed by atoms with Gasteiger partial charge in [-0.25, -0.2) is 4.79 Å². The van der Waals surface area contributed by atoms with Gasteiger partial charge in [-0.3, -0.25) is 0 Å². The molecule has 0 saturated heterocycles. The molecule has 88 valence electrons. The minimum Gasteiger partial charge on any atom is -0.464 e. The Kier molecular flexibility index (Phi) is 7.04. The second kappa shape index (κ2) is 7.14. The molecule has 0 aromatic heterocycles. The number of rotatable bonds is 6.